The Bertz CT molecular complexity index is 425. The highest BCUT2D eigenvalue weighted by Crippen LogP contribution is 2.28. The first-order chi connectivity index (χ1) is 9.17. The summed E-state index contributed by atoms with van der Waals surface area (Å²) in [5.41, 5.74) is 1.87. The number of likely N-dealkylation sites (N-methyl/N-ethyl adjacent to an activating group) is 2. The van der Waals surface area contributed by atoms with Crippen molar-refractivity contribution in [2.24, 2.45) is 0 Å². The molecule has 4 heteroatoms. The topological polar surface area (TPSA) is 26.7 Å². The van der Waals surface area contributed by atoms with E-state index in [1.807, 2.05) is 18.2 Å². The summed E-state index contributed by atoms with van der Waals surface area (Å²) >= 11 is 6.15. The Balaban J connectivity index is 2.11. The van der Waals surface area contributed by atoms with Gasteiger partial charge in [0.15, 0.2) is 0 Å². The van der Waals surface area contributed by atoms with Crippen LogP contribution < -0.4 is 4.90 Å². The molecule has 0 aliphatic carbocycles. The Labute approximate surface area is 120 Å². The molecule has 106 valence electrons. The molecule has 0 amide bonds. The Morgan fingerprint density at radius 3 is 2.95 bits per heavy atom. The van der Waals surface area contributed by atoms with Gasteiger partial charge in [0.05, 0.1) is 6.61 Å². The molecule has 0 spiro atoms. The number of hydrogen-bond acceptors (Lipinski definition) is 3. The van der Waals surface area contributed by atoms with E-state index >= 15 is 0 Å². The van der Waals surface area contributed by atoms with Gasteiger partial charge in [-0.2, -0.15) is 0 Å². The van der Waals surface area contributed by atoms with Crippen LogP contribution in [0.5, 0.6) is 0 Å². The van der Waals surface area contributed by atoms with E-state index in [4.69, 9.17) is 11.6 Å². The summed E-state index contributed by atoms with van der Waals surface area (Å²) in [5.74, 6) is 0. The van der Waals surface area contributed by atoms with Crippen LogP contribution in [0.4, 0.5) is 5.69 Å². The molecule has 3 nitrogen and oxygen atoms in total. The van der Waals surface area contributed by atoms with E-state index in [9.17, 15) is 5.11 Å². The summed E-state index contributed by atoms with van der Waals surface area (Å²) in [6.45, 7) is 5.51. The molecule has 1 fully saturated rings. The second-order valence-corrected chi connectivity index (χ2v) is 5.61. The van der Waals surface area contributed by atoms with Gasteiger partial charge in [-0.3, -0.25) is 4.90 Å². The fourth-order valence-corrected chi connectivity index (χ4v) is 3.22. The van der Waals surface area contributed by atoms with Gasteiger partial charge in [-0.25, -0.2) is 0 Å². The number of aliphatic hydroxyl groups is 1. The van der Waals surface area contributed by atoms with E-state index in [1.165, 1.54) is 19.4 Å². The largest absolute Gasteiger partial charge is 0.392 e. The van der Waals surface area contributed by atoms with Crippen molar-refractivity contribution in [1.82, 2.24) is 4.90 Å². The van der Waals surface area contributed by atoms with Crippen molar-refractivity contribution in [2.75, 3.05) is 31.6 Å². The summed E-state index contributed by atoms with van der Waals surface area (Å²) in [6.07, 6.45) is 2.54. The van der Waals surface area contributed by atoms with E-state index in [1.54, 1.807) is 0 Å². The fourth-order valence-electron chi connectivity index (χ4n) is 2.99. The van der Waals surface area contributed by atoms with Gasteiger partial charge in [0, 0.05) is 35.9 Å². The molecule has 1 unspecified atom stereocenters. The van der Waals surface area contributed by atoms with Gasteiger partial charge in [-0.1, -0.05) is 24.6 Å². The minimum absolute atomic E-state index is 0.0124. The van der Waals surface area contributed by atoms with E-state index in [0.29, 0.717) is 11.1 Å². The Morgan fingerprint density at radius 1 is 1.47 bits per heavy atom. The van der Waals surface area contributed by atoms with Gasteiger partial charge in [0.1, 0.15) is 0 Å². The Kier molecular flexibility index (Phi) is 5.08. The maximum absolute atomic E-state index is 9.49. The molecule has 0 aromatic heterocycles. The van der Waals surface area contributed by atoms with Crippen LogP contribution in [0.1, 0.15) is 25.3 Å². The lowest BCUT2D eigenvalue weighted by atomic mass is 10.1. The first-order valence-corrected chi connectivity index (χ1v) is 7.38. The van der Waals surface area contributed by atoms with Crippen molar-refractivity contribution < 1.29 is 5.11 Å². The highest BCUT2D eigenvalue weighted by molar-refractivity contribution is 6.31. The van der Waals surface area contributed by atoms with Gasteiger partial charge < -0.3 is 10.0 Å². The number of benzene rings is 1. The summed E-state index contributed by atoms with van der Waals surface area (Å²) < 4.78 is 0. The SMILES string of the molecule is CCN1CCCC1CN(C)c1cccc(Cl)c1CO. The molecule has 1 saturated heterocycles. The van der Waals surface area contributed by atoms with E-state index in [0.717, 1.165) is 24.3 Å². The minimum atomic E-state index is -0.0124. The molecule has 1 heterocycles. The first-order valence-electron chi connectivity index (χ1n) is 7.00. The van der Waals surface area contributed by atoms with Crippen molar-refractivity contribution in [3.63, 3.8) is 0 Å². The van der Waals surface area contributed by atoms with Gasteiger partial charge in [-0.15, -0.1) is 0 Å². The van der Waals surface area contributed by atoms with Gasteiger partial charge in [0.2, 0.25) is 0 Å². The lowest BCUT2D eigenvalue weighted by molar-refractivity contribution is 0.269. The highest BCUT2D eigenvalue weighted by atomic mass is 35.5. The van der Waals surface area contributed by atoms with E-state index in [-0.39, 0.29) is 6.61 Å². The molecule has 0 bridgehead atoms. The molecule has 0 saturated carbocycles. The first kappa shape index (κ1) is 14.6. The maximum atomic E-state index is 9.49. The molecule has 0 radical (unpaired) electrons. The smallest absolute Gasteiger partial charge is 0.0716 e. The van der Waals surface area contributed by atoms with Crippen LogP contribution in [0.3, 0.4) is 0 Å². The summed E-state index contributed by atoms with van der Waals surface area (Å²) in [5, 5.41) is 10.1. The van der Waals surface area contributed by atoms with Crippen LogP contribution in [0.2, 0.25) is 5.02 Å². The molecule has 1 aromatic rings. The zero-order valence-electron chi connectivity index (χ0n) is 11.8. The Hall–Kier alpha value is -0.770. The minimum Gasteiger partial charge on any atom is -0.392 e. The van der Waals surface area contributed by atoms with Gasteiger partial charge in [0.25, 0.3) is 0 Å². The van der Waals surface area contributed by atoms with Crippen molar-refractivity contribution in [3.8, 4) is 0 Å². The second-order valence-electron chi connectivity index (χ2n) is 5.20. The third-order valence-electron chi connectivity index (χ3n) is 4.05. The number of likely N-dealkylation sites (tertiary alicyclic amines) is 1. The molecule has 2 rings (SSSR count). The predicted molar refractivity (Wildman–Crippen MR) is 80.9 cm³/mol. The molecule has 19 heavy (non-hydrogen) atoms. The molecule has 1 aliphatic heterocycles. The third kappa shape index (κ3) is 3.22. The predicted octanol–water partition coefficient (Wildman–Crippen LogP) is 2.75. The van der Waals surface area contributed by atoms with Gasteiger partial charge >= 0.3 is 0 Å². The van der Waals surface area contributed by atoms with Crippen LogP contribution >= 0.6 is 11.6 Å². The van der Waals surface area contributed by atoms with Crippen LogP contribution in [-0.2, 0) is 6.61 Å². The van der Waals surface area contributed by atoms with Crippen molar-refractivity contribution in [1.29, 1.82) is 0 Å². The van der Waals surface area contributed by atoms with Crippen molar-refractivity contribution in [3.05, 3.63) is 28.8 Å². The quantitative estimate of drug-likeness (QED) is 0.900. The summed E-state index contributed by atoms with van der Waals surface area (Å²) in [7, 11) is 2.08. The van der Waals surface area contributed by atoms with Gasteiger partial charge in [-0.05, 0) is 38.1 Å². The van der Waals surface area contributed by atoms with Crippen LogP contribution in [-0.4, -0.2) is 42.7 Å². The second kappa shape index (κ2) is 6.60. The maximum Gasteiger partial charge on any atom is 0.0716 e. The summed E-state index contributed by atoms with van der Waals surface area (Å²) in [4.78, 5) is 4.75. The molecule has 1 aromatic carbocycles. The number of halogens is 1. The lowest BCUT2D eigenvalue weighted by Crippen LogP contribution is -2.39. The van der Waals surface area contributed by atoms with Crippen LogP contribution in [0, 0.1) is 0 Å². The molecular weight excluding hydrogens is 260 g/mol. The summed E-state index contributed by atoms with van der Waals surface area (Å²) in [6, 6.07) is 6.42. The number of rotatable bonds is 5. The zero-order valence-corrected chi connectivity index (χ0v) is 12.5. The molecule has 1 N–H and O–H groups in total. The molecule has 1 atom stereocenters. The number of aliphatic hydroxyl groups excluding tert-OH is 1. The van der Waals surface area contributed by atoms with Crippen molar-refractivity contribution >= 4 is 17.3 Å². The van der Waals surface area contributed by atoms with Crippen LogP contribution in [0.25, 0.3) is 0 Å². The van der Waals surface area contributed by atoms with Crippen molar-refractivity contribution in [2.45, 2.75) is 32.4 Å². The molecular formula is C15H23ClN2O. The monoisotopic (exact) mass is 282 g/mol. The standard InChI is InChI=1S/C15H23ClN2O/c1-3-18-9-5-6-12(18)10-17(2)15-8-4-7-14(16)13(15)11-19/h4,7-8,12,19H,3,5-6,9-11H2,1-2H3. The molecule has 1 aliphatic rings. The fraction of sp³-hybridized carbons (Fsp3) is 0.600. The number of hydrogen-bond donors (Lipinski definition) is 1. The zero-order chi connectivity index (χ0) is 13.8. The Morgan fingerprint density at radius 2 is 2.26 bits per heavy atom. The van der Waals surface area contributed by atoms with E-state index < -0.39 is 0 Å². The van der Waals surface area contributed by atoms with Crippen LogP contribution in [0.15, 0.2) is 18.2 Å². The van der Waals surface area contributed by atoms with E-state index in [2.05, 4.69) is 23.8 Å². The normalized spacial score (nSPS) is 19.9. The average Bonchev–Trinajstić information content (AvgIpc) is 2.85. The highest BCUT2D eigenvalue weighted by Gasteiger charge is 2.24. The lowest BCUT2D eigenvalue weighted by Gasteiger charge is -2.30. The third-order valence-corrected chi connectivity index (χ3v) is 4.41. The number of anilines is 1. The average molecular weight is 283 g/mol. The number of nitrogens with zero attached hydrogens (tertiary/aromatic N) is 2.